The van der Waals surface area contributed by atoms with Crippen LogP contribution < -0.4 is 5.32 Å². The maximum Gasteiger partial charge on any atom is 0.318 e. The van der Waals surface area contributed by atoms with Gasteiger partial charge >= 0.3 is 6.03 Å². The summed E-state index contributed by atoms with van der Waals surface area (Å²) in [6.45, 7) is 0.689. The molecular formula is C30H40N2O2S. The van der Waals surface area contributed by atoms with Crippen LogP contribution in [0.3, 0.4) is 0 Å². The van der Waals surface area contributed by atoms with Gasteiger partial charge in [0.15, 0.2) is 0 Å². The molecule has 2 aromatic carbocycles. The Bertz CT molecular complexity index is 871. The van der Waals surface area contributed by atoms with Crippen LogP contribution in [-0.2, 0) is 17.6 Å². The van der Waals surface area contributed by atoms with Crippen molar-refractivity contribution in [2.75, 3.05) is 6.54 Å². The Morgan fingerprint density at radius 2 is 1.37 bits per heavy atom. The van der Waals surface area contributed by atoms with Crippen LogP contribution in [-0.4, -0.2) is 39.9 Å². The quantitative estimate of drug-likeness (QED) is 0.420. The highest BCUT2D eigenvalue weighted by Crippen LogP contribution is 2.29. The molecule has 0 spiro atoms. The van der Waals surface area contributed by atoms with E-state index in [0.717, 1.165) is 57.8 Å². The van der Waals surface area contributed by atoms with Gasteiger partial charge in [-0.2, -0.15) is 0 Å². The highest BCUT2D eigenvalue weighted by molar-refractivity contribution is 8.14. The fourth-order valence-electron chi connectivity index (χ4n) is 5.37. The molecule has 1 aliphatic heterocycles. The molecule has 4 nitrogen and oxygen atoms in total. The molecule has 0 bridgehead atoms. The highest BCUT2D eigenvalue weighted by atomic mass is 32.2. The number of thioether (sulfide) groups is 1. The van der Waals surface area contributed by atoms with Gasteiger partial charge in [0.1, 0.15) is 6.04 Å². The number of likely N-dealkylation sites (tertiary alicyclic amines) is 1. The molecule has 188 valence electrons. The van der Waals surface area contributed by atoms with E-state index < -0.39 is 0 Å². The fraction of sp³-hybridized carbons (Fsp3) is 0.533. The molecule has 1 saturated heterocycles. The van der Waals surface area contributed by atoms with E-state index in [2.05, 4.69) is 53.8 Å². The third kappa shape index (κ3) is 8.13. The van der Waals surface area contributed by atoms with Gasteiger partial charge in [-0.1, -0.05) is 91.7 Å². The lowest BCUT2D eigenvalue weighted by Crippen LogP contribution is -2.53. The Hall–Kier alpha value is -2.27. The third-order valence-corrected chi connectivity index (χ3v) is 8.76. The van der Waals surface area contributed by atoms with Crippen LogP contribution in [0, 0.1) is 0 Å². The Kier molecular flexibility index (Phi) is 10.1. The number of piperidine rings is 1. The van der Waals surface area contributed by atoms with Gasteiger partial charge in [0.05, 0.1) is 0 Å². The number of benzene rings is 2. The average molecular weight is 493 g/mol. The van der Waals surface area contributed by atoms with Gasteiger partial charge in [-0.05, 0) is 68.9 Å². The molecule has 2 fully saturated rings. The SMILES string of the molecule is O=C(SC(CCc1ccccc1)CCc1ccccc1)C1CCCCN1C(=O)NC1CCCCC1. The van der Waals surface area contributed by atoms with Crippen LogP contribution in [0.2, 0.25) is 0 Å². The molecule has 1 N–H and O–H groups in total. The molecule has 2 amide bonds. The second kappa shape index (κ2) is 13.7. The van der Waals surface area contributed by atoms with E-state index in [-0.39, 0.29) is 28.5 Å². The van der Waals surface area contributed by atoms with Crippen molar-refractivity contribution in [1.82, 2.24) is 10.2 Å². The minimum Gasteiger partial charge on any atom is -0.335 e. The molecule has 1 aliphatic carbocycles. The highest BCUT2D eigenvalue weighted by Gasteiger charge is 2.34. The molecule has 1 saturated carbocycles. The van der Waals surface area contributed by atoms with Gasteiger partial charge in [0.25, 0.3) is 0 Å². The lowest BCUT2D eigenvalue weighted by atomic mass is 9.95. The molecule has 35 heavy (non-hydrogen) atoms. The van der Waals surface area contributed by atoms with Crippen LogP contribution in [0.4, 0.5) is 4.79 Å². The number of hydrogen-bond acceptors (Lipinski definition) is 3. The minimum absolute atomic E-state index is 0.0272. The van der Waals surface area contributed by atoms with Gasteiger partial charge in [-0.15, -0.1) is 0 Å². The Balaban J connectivity index is 1.38. The zero-order valence-corrected chi connectivity index (χ0v) is 21.7. The van der Waals surface area contributed by atoms with E-state index in [1.807, 2.05) is 17.0 Å². The predicted octanol–water partition coefficient (Wildman–Crippen LogP) is 6.78. The van der Waals surface area contributed by atoms with Crippen molar-refractivity contribution in [3.05, 3.63) is 71.8 Å². The van der Waals surface area contributed by atoms with E-state index in [9.17, 15) is 9.59 Å². The van der Waals surface area contributed by atoms with Crippen molar-refractivity contribution in [1.29, 1.82) is 0 Å². The summed E-state index contributed by atoms with van der Waals surface area (Å²) in [5.41, 5.74) is 2.63. The maximum atomic E-state index is 13.6. The molecule has 0 radical (unpaired) electrons. The first kappa shape index (κ1) is 25.8. The Labute approximate surface area is 215 Å². The summed E-state index contributed by atoms with van der Waals surface area (Å²) in [7, 11) is 0. The number of hydrogen-bond donors (Lipinski definition) is 1. The normalized spacial score (nSPS) is 19.0. The number of urea groups is 1. The van der Waals surface area contributed by atoms with Crippen LogP contribution in [0.1, 0.15) is 75.3 Å². The van der Waals surface area contributed by atoms with Crippen LogP contribution in [0.5, 0.6) is 0 Å². The van der Waals surface area contributed by atoms with Crippen LogP contribution >= 0.6 is 11.8 Å². The van der Waals surface area contributed by atoms with Gasteiger partial charge in [0.2, 0.25) is 5.12 Å². The maximum absolute atomic E-state index is 13.6. The number of amides is 2. The van der Waals surface area contributed by atoms with Gasteiger partial charge in [-0.25, -0.2) is 4.79 Å². The van der Waals surface area contributed by atoms with E-state index in [0.29, 0.717) is 6.54 Å². The predicted molar refractivity (Wildman–Crippen MR) is 146 cm³/mol. The number of carbonyl (C=O) groups excluding carboxylic acids is 2. The van der Waals surface area contributed by atoms with E-state index in [1.54, 1.807) is 0 Å². The summed E-state index contributed by atoms with van der Waals surface area (Å²) in [4.78, 5) is 28.6. The summed E-state index contributed by atoms with van der Waals surface area (Å²) in [6.07, 6.45) is 12.4. The average Bonchev–Trinajstić information content (AvgIpc) is 2.92. The molecule has 2 aliphatic rings. The number of carbonyl (C=O) groups is 2. The summed E-state index contributed by atoms with van der Waals surface area (Å²) >= 11 is 1.50. The first-order valence-electron chi connectivity index (χ1n) is 13.5. The van der Waals surface area contributed by atoms with Crippen LogP contribution in [0.15, 0.2) is 60.7 Å². The smallest absolute Gasteiger partial charge is 0.318 e. The first-order valence-corrected chi connectivity index (χ1v) is 14.4. The third-order valence-electron chi connectivity index (χ3n) is 7.45. The number of aryl methyl sites for hydroxylation is 2. The largest absolute Gasteiger partial charge is 0.335 e. The zero-order chi connectivity index (χ0) is 24.3. The second-order valence-electron chi connectivity index (χ2n) is 10.1. The molecule has 2 aromatic rings. The molecule has 1 atom stereocenters. The van der Waals surface area contributed by atoms with Gasteiger partial charge < -0.3 is 10.2 Å². The molecule has 1 unspecified atom stereocenters. The fourth-order valence-corrected chi connectivity index (χ4v) is 6.58. The molecule has 4 rings (SSSR count). The number of rotatable bonds is 9. The monoisotopic (exact) mass is 492 g/mol. The van der Waals surface area contributed by atoms with Crippen LogP contribution in [0.25, 0.3) is 0 Å². The van der Waals surface area contributed by atoms with Crippen molar-refractivity contribution in [3.63, 3.8) is 0 Å². The van der Waals surface area contributed by atoms with E-state index >= 15 is 0 Å². The topological polar surface area (TPSA) is 49.4 Å². The van der Waals surface area contributed by atoms with Crippen molar-refractivity contribution in [2.45, 2.75) is 94.4 Å². The zero-order valence-electron chi connectivity index (χ0n) is 20.9. The summed E-state index contributed by atoms with van der Waals surface area (Å²) in [5.74, 6) is 0. The second-order valence-corrected chi connectivity index (χ2v) is 11.4. The van der Waals surface area contributed by atoms with Crippen molar-refractivity contribution >= 4 is 22.9 Å². The minimum atomic E-state index is -0.298. The van der Waals surface area contributed by atoms with Crippen molar-refractivity contribution in [3.8, 4) is 0 Å². The lowest BCUT2D eigenvalue weighted by molar-refractivity contribution is -0.115. The molecular weight excluding hydrogens is 452 g/mol. The van der Waals surface area contributed by atoms with Gasteiger partial charge in [0, 0.05) is 17.8 Å². The number of nitrogens with zero attached hydrogens (tertiary/aromatic N) is 1. The Morgan fingerprint density at radius 1 is 0.800 bits per heavy atom. The number of nitrogens with one attached hydrogen (secondary N) is 1. The van der Waals surface area contributed by atoms with Crippen molar-refractivity contribution in [2.24, 2.45) is 0 Å². The Morgan fingerprint density at radius 3 is 1.97 bits per heavy atom. The van der Waals surface area contributed by atoms with E-state index in [4.69, 9.17) is 0 Å². The molecule has 5 heteroatoms. The van der Waals surface area contributed by atoms with Crippen molar-refractivity contribution < 1.29 is 9.59 Å². The standard InChI is InChI=1S/C30H40N2O2S/c33-29(28-18-10-11-23-32(28)30(34)31-26-16-8-3-9-17-26)35-27(21-19-24-12-4-1-5-13-24)22-20-25-14-6-2-7-15-25/h1-2,4-7,12-15,26-28H,3,8-11,16-23H2,(H,31,34). The molecule has 1 heterocycles. The summed E-state index contributed by atoms with van der Waals surface area (Å²) < 4.78 is 0. The first-order chi connectivity index (χ1) is 17.2. The van der Waals surface area contributed by atoms with Gasteiger partial charge in [-0.3, -0.25) is 4.79 Å². The summed E-state index contributed by atoms with van der Waals surface area (Å²) in [5, 5.41) is 3.66. The lowest BCUT2D eigenvalue weighted by Gasteiger charge is -2.36. The molecule has 0 aromatic heterocycles. The summed E-state index contributed by atoms with van der Waals surface area (Å²) in [6, 6.07) is 21.0. The van der Waals surface area contributed by atoms with E-state index in [1.165, 1.54) is 42.2 Å².